The third-order valence-electron chi connectivity index (χ3n) is 4.47. The van der Waals surface area contributed by atoms with E-state index in [4.69, 9.17) is 13.3 Å². The number of nitrogens with one attached hydrogen (secondary N) is 1. The van der Waals surface area contributed by atoms with Gasteiger partial charge in [-0.05, 0) is 12.1 Å². The van der Waals surface area contributed by atoms with Crippen LogP contribution in [0.25, 0.3) is 0 Å². The Morgan fingerprint density at radius 1 is 0.962 bits per heavy atom. The van der Waals surface area contributed by atoms with Crippen molar-refractivity contribution in [1.29, 1.82) is 0 Å². The molecule has 26 heavy (non-hydrogen) atoms. The zero-order valence-corrected chi connectivity index (χ0v) is 18.3. The van der Waals surface area contributed by atoms with Gasteiger partial charge in [-0.2, -0.15) is 0 Å². The van der Waals surface area contributed by atoms with Gasteiger partial charge in [-0.3, -0.25) is 0 Å². The molecule has 0 bridgehead atoms. The maximum atomic E-state index is 12.2. The Labute approximate surface area is 159 Å². The minimum Gasteiger partial charge on any atom is -0.377 e. The molecule has 0 saturated heterocycles. The van der Waals surface area contributed by atoms with Gasteiger partial charge >= 0.3 is 8.80 Å². The molecule has 0 amide bonds. The molecule has 1 aromatic carbocycles. The molecule has 0 aliphatic rings. The van der Waals surface area contributed by atoms with Crippen LogP contribution in [0.5, 0.6) is 0 Å². The fraction of sp³-hybridized carbons (Fsp3) is 0.647. The van der Waals surface area contributed by atoms with Crippen LogP contribution >= 0.6 is 0 Å². The van der Waals surface area contributed by atoms with Crippen LogP contribution in [0.1, 0.15) is 12.8 Å². The second-order valence-corrected chi connectivity index (χ2v) is 11.7. The summed E-state index contributed by atoms with van der Waals surface area (Å²) < 4.78 is 44.2. The SMILES string of the molecule is CO[Si](CCC[N+](C)(C)CCCNS(=O)(=O)c1ccccc1)(OC)OC. The molecule has 0 radical (unpaired) electrons. The molecule has 0 aliphatic heterocycles. The number of hydrogen-bond donors (Lipinski definition) is 1. The lowest BCUT2D eigenvalue weighted by Crippen LogP contribution is -2.46. The molecule has 1 aromatic rings. The fourth-order valence-electron chi connectivity index (χ4n) is 2.79. The average Bonchev–Trinajstić information content (AvgIpc) is 2.63. The molecule has 150 valence electrons. The van der Waals surface area contributed by atoms with Crippen molar-refractivity contribution in [3.63, 3.8) is 0 Å². The van der Waals surface area contributed by atoms with Crippen LogP contribution in [0.15, 0.2) is 35.2 Å². The highest BCUT2D eigenvalue weighted by molar-refractivity contribution is 7.89. The Morgan fingerprint density at radius 3 is 2.04 bits per heavy atom. The summed E-state index contributed by atoms with van der Waals surface area (Å²) in [6.45, 7) is 2.24. The third-order valence-corrected chi connectivity index (χ3v) is 8.77. The summed E-state index contributed by atoms with van der Waals surface area (Å²) >= 11 is 0. The van der Waals surface area contributed by atoms with E-state index in [2.05, 4.69) is 18.8 Å². The Balaban J connectivity index is 2.37. The Morgan fingerprint density at radius 2 is 1.50 bits per heavy atom. The molecule has 1 N–H and O–H groups in total. The maximum Gasteiger partial charge on any atom is 0.500 e. The number of nitrogens with zero attached hydrogens (tertiary/aromatic N) is 1. The van der Waals surface area contributed by atoms with Gasteiger partial charge < -0.3 is 17.8 Å². The number of quaternary nitrogens is 1. The second kappa shape index (κ2) is 10.5. The van der Waals surface area contributed by atoms with Crippen molar-refractivity contribution in [2.75, 3.05) is 55.1 Å². The Kier molecular flexibility index (Phi) is 9.38. The van der Waals surface area contributed by atoms with E-state index < -0.39 is 18.8 Å². The third kappa shape index (κ3) is 7.43. The summed E-state index contributed by atoms with van der Waals surface area (Å²) in [4.78, 5) is 0.300. The predicted octanol–water partition coefficient (Wildman–Crippen LogP) is 1.70. The van der Waals surface area contributed by atoms with Crippen LogP contribution in [0.4, 0.5) is 0 Å². The number of rotatable bonds is 13. The van der Waals surface area contributed by atoms with Gasteiger partial charge in [0, 0.05) is 46.8 Å². The summed E-state index contributed by atoms with van der Waals surface area (Å²) in [5.41, 5.74) is 0. The first-order valence-electron chi connectivity index (χ1n) is 8.72. The summed E-state index contributed by atoms with van der Waals surface area (Å²) in [6, 6.07) is 9.20. The number of hydrogen-bond acceptors (Lipinski definition) is 5. The van der Waals surface area contributed by atoms with Crippen molar-refractivity contribution in [1.82, 2.24) is 4.72 Å². The van der Waals surface area contributed by atoms with Gasteiger partial charge in [0.2, 0.25) is 10.0 Å². The summed E-state index contributed by atoms with van der Waals surface area (Å²) in [5, 5.41) is 0. The van der Waals surface area contributed by atoms with Crippen molar-refractivity contribution >= 4 is 18.8 Å². The van der Waals surface area contributed by atoms with E-state index in [1.54, 1.807) is 51.7 Å². The van der Waals surface area contributed by atoms with Crippen LogP contribution in [0.3, 0.4) is 0 Å². The van der Waals surface area contributed by atoms with E-state index in [1.807, 2.05) is 0 Å². The molecular weight excluding hydrogens is 372 g/mol. The van der Waals surface area contributed by atoms with Gasteiger partial charge in [-0.25, -0.2) is 13.1 Å². The van der Waals surface area contributed by atoms with Crippen molar-refractivity contribution in [3.8, 4) is 0 Å². The largest absolute Gasteiger partial charge is 0.500 e. The van der Waals surface area contributed by atoms with E-state index in [0.717, 1.165) is 36.5 Å². The van der Waals surface area contributed by atoms with Gasteiger partial charge in [-0.1, -0.05) is 18.2 Å². The van der Waals surface area contributed by atoms with E-state index in [0.29, 0.717) is 11.4 Å². The molecule has 0 atom stereocenters. The van der Waals surface area contributed by atoms with Crippen LogP contribution in [-0.4, -0.2) is 76.8 Å². The van der Waals surface area contributed by atoms with Crippen LogP contribution in [0, 0.1) is 0 Å². The maximum absolute atomic E-state index is 12.2. The van der Waals surface area contributed by atoms with Crippen LogP contribution in [0.2, 0.25) is 6.04 Å². The van der Waals surface area contributed by atoms with Crippen molar-refractivity contribution in [2.24, 2.45) is 0 Å². The van der Waals surface area contributed by atoms with Crippen LogP contribution in [-0.2, 0) is 23.3 Å². The van der Waals surface area contributed by atoms with E-state index in [1.165, 1.54) is 0 Å². The lowest BCUT2D eigenvalue weighted by Gasteiger charge is -2.31. The van der Waals surface area contributed by atoms with Gasteiger partial charge in [0.25, 0.3) is 0 Å². The standard InChI is InChI=1S/C17H33N2O5SSi/c1-19(2,15-10-16-26(22-3,23-4)24-5)14-9-13-18-25(20,21)17-11-7-6-8-12-17/h6-8,11-12,18H,9-10,13-16H2,1-5H3/q+1. The van der Waals surface area contributed by atoms with Crippen molar-refractivity contribution in [2.45, 2.75) is 23.8 Å². The second-order valence-electron chi connectivity index (χ2n) is 6.85. The van der Waals surface area contributed by atoms with Gasteiger partial charge in [-0.15, -0.1) is 0 Å². The van der Waals surface area contributed by atoms with Gasteiger partial charge in [0.1, 0.15) is 0 Å². The number of sulfonamides is 1. The summed E-state index contributed by atoms with van der Waals surface area (Å²) in [6.07, 6.45) is 1.69. The monoisotopic (exact) mass is 405 g/mol. The smallest absolute Gasteiger partial charge is 0.377 e. The molecule has 0 fully saturated rings. The highest BCUT2D eigenvalue weighted by atomic mass is 32.2. The average molecular weight is 406 g/mol. The molecule has 0 aliphatic carbocycles. The Bertz CT molecular complexity index is 613. The highest BCUT2D eigenvalue weighted by Crippen LogP contribution is 2.16. The first-order valence-corrected chi connectivity index (χ1v) is 12.1. The summed E-state index contributed by atoms with van der Waals surface area (Å²) in [7, 11) is 3.20. The van der Waals surface area contributed by atoms with E-state index in [9.17, 15) is 8.42 Å². The van der Waals surface area contributed by atoms with Gasteiger partial charge in [0.05, 0.1) is 32.1 Å². The minimum atomic E-state index is -3.43. The van der Waals surface area contributed by atoms with Crippen molar-refractivity contribution in [3.05, 3.63) is 30.3 Å². The molecule has 7 nitrogen and oxygen atoms in total. The van der Waals surface area contributed by atoms with E-state index in [-0.39, 0.29) is 0 Å². The van der Waals surface area contributed by atoms with Crippen LogP contribution < -0.4 is 4.72 Å². The summed E-state index contributed by atoms with van der Waals surface area (Å²) in [5.74, 6) is 0. The van der Waals surface area contributed by atoms with Gasteiger partial charge in [0.15, 0.2) is 0 Å². The topological polar surface area (TPSA) is 73.9 Å². The lowest BCUT2D eigenvalue weighted by atomic mass is 10.3. The molecule has 9 heteroatoms. The highest BCUT2D eigenvalue weighted by Gasteiger charge is 2.37. The molecule has 0 spiro atoms. The molecule has 1 rings (SSSR count). The molecule has 0 unspecified atom stereocenters. The first-order chi connectivity index (χ1) is 12.2. The number of benzene rings is 1. The predicted molar refractivity (Wildman–Crippen MR) is 104 cm³/mol. The van der Waals surface area contributed by atoms with E-state index >= 15 is 0 Å². The fourth-order valence-corrected chi connectivity index (χ4v) is 5.59. The molecule has 0 aromatic heterocycles. The molecule has 0 saturated carbocycles. The zero-order chi connectivity index (χ0) is 19.7. The minimum absolute atomic E-state index is 0.300. The molecular formula is C17H33N2O5SSi+. The lowest BCUT2D eigenvalue weighted by molar-refractivity contribution is -0.890. The normalized spacial score (nSPS) is 13.1. The quantitative estimate of drug-likeness (QED) is 0.307. The van der Waals surface area contributed by atoms with Crippen molar-refractivity contribution < 1.29 is 26.2 Å². The first kappa shape index (κ1) is 23.2. The molecule has 0 heterocycles. The zero-order valence-electron chi connectivity index (χ0n) is 16.5. The Hall–Kier alpha value is -0.813.